The fourth-order valence-corrected chi connectivity index (χ4v) is 4.06. The fraction of sp³-hybridized carbons (Fsp3) is 0.389. The number of piperidine rings is 1. The van der Waals surface area contributed by atoms with Crippen LogP contribution in [0.2, 0.25) is 0 Å². The minimum Gasteiger partial charge on any atom is -0.383 e. The van der Waals surface area contributed by atoms with Crippen LogP contribution < -0.4 is 5.73 Å². The number of hydrogen-bond acceptors (Lipinski definition) is 7. The summed E-state index contributed by atoms with van der Waals surface area (Å²) in [5, 5.41) is 3.68. The van der Waals surface area contributed by atoms with Crippen molar-refractivity contribution in [2.75, 3.05) is 12.3 Å². The van der Waals surface area contributed by atoms with E-state index in [1.165, 1.54) is 6.33 Å². The van der Waals surface area contributed by atoms with Gasteiger partial charge in [0.05, 0.1) is 34.2 Å². The molecule has 3 aromatic rings. The smallest absolute Gasteiger partial charge is 0.229 e. The standard InChI is InChI=1S/C18H20N6OS/c1-11-22-12(9-26-11)8-16(25)24-7-3-2-4-15(24)14-6-5-13-17(19)20-10-21-18(13)23-14/h5-6,9-10,15H,2-4,7-8H2,1H3,(H2,19,20,21,23). The second-order valence-electron chi connectivity index (χ2n) is 6.50. The highest BCUT2D eigenvalue weighted by Gasteiger charge is 2.29. The molecular formula is C18H20N6OS. The van der Waals surface area contributed by atoms with E-state index in [-0.39, 0.29) is 11.9 Å². The second kappa shape index (κ2) is 6.95. The SMILES string of the molecule is Cc1nc(CC(=O)N2CCCCC2c2ccc3c(N)ncnc3n2)cs1. The Labute approximate surface area is 155 Å². The molecule has 1 aliphatic heterocycles. The van der Waals surface area contributed by atoms with Gasteiger partial charge in [-0.25, -0.2) is 19.9 Å². The average molecular weight is 368 g/mol. The van der Waals surface area contributed by atoms with Crippen molar-refractivity contribution in [2.24, 2.45) is 0 Å². The third-order valence-electron chi connectivity index (χ3n) is 4.71. The monoisotopic (exact) mass is 368 g/mol. The summed E-state index contributed by atoms with van der Waals surface area (Å²) in [6.07, 6.45) is 4.75. The molecule has 1 saturated heterocycles. The van der Waals surface area contributed by atoms with Crippen molar-refractivity contribution in [1.82, 2.24) is 24.8 Å². The summed E-state index contributed by atoms with van der Waals surface area (Å²) >= 11 is 1.57. The van der Waals surface area contributed by atoms with Crippen LogP contribution in [-0.4, -0.2) is 37.3 Å². The number of hydrogen-bond donors (Lipinski definition) is 1. The maximum absolute atomic E-state index is 12.9. The molecule has 4 rings (SSSR count). The number of amides is 1. The molecule has 4 heterocycles. The van der Waals surface area contributed by atoms with Crippen LogP contribution in [-0.2, 0) is 11.2 Å². The molecule has 3 aromatic heterocycles. The molecule has 0 aliphatic carbocycles. The number of likely N-dealkylation sites (tertiary alicyclic amines) is 1. The van der Waals surface area contributed by atoms with Crippen LogP contribution in [0.15, 0.2) is 23.8 Å². The van der Waals surface area contributed by atoms with Crippen molar-refractivity contribution in [3.8, 4) is 0 Å². The van der Waals surface area contributed by atoms with Gasteiger partial charge in [0, 0.05) is 11.9 Å². The molecule has 26 heavy (non-hydrogen) atoms. The highest BCUT2D eigenvalue weighted by atomic mass is 32.1. The average Bonchev–Trinajstić information content (AvgIpc) is 3.06. The van der Waals surface area contributed by atoms with E-state index in [1.807, 2.05) is 29.3 Å². The number of aromatic nitrogens is 4. The summed E-state index contributed by atoms with van der Waals surface area (Å²) in [6, 6.07) is 3.80. The summed E-state index contributed by atoms with van der Waals surface area (Å²) < 4.78 is 0. The Morgan fingerprint density at radius 3 is 3.00 bits per heavy atom. The van der Waals surface area contributed by atoms with Crippen LogP contribution in [0.25, 0.3) is 11.0 Å². The number of thiazole rings is 1. The van der Waals surface area contributed by atoms with E-state index >= 15 is 0 Å². The van der Waals surface area contributed by atoms with Gasteiger partial charge in [0.1, 0.15) is 12.1 Å². The maximum Gasteiger partial charge on any atom is 0.229 e. The topological polar surface area (TPSA) is 97.9 Å². The van der Waals surface area contributed by atoms with Crippen LogP contribution in [0.5, 0.6) is 0 Å². The number of nitrogens with two attached hydrogens (primary N) is 1. The highest BCUT2D eigenvalue weighted by Crippen LogP contribution is 2.31. The Morgan fingerprint density at radius 2 is 2.19 bits per heavy atom. The van der Waals surface area contributed by atoms with Gasteiger partial charge in [0.25, 0.3) is 0 Å². The molecule has 1 fully saturated rings. The molecule has 2 N–H and O–H groups in total. The summed E-state index contributed by atoms with van der Waals surface area (Å²) in [7, 11) is 0. The maximum atomic E-state index is 12.9. The zero-order valence-corrected chi connectivity index (χ0v) is 15.4. The van der Waals surface area contributed by atoms with Crippen molar-refractivity contribution in [1.29, 1.82) is 0 Å². The Morgan fingerprint density at radius 1 is 1.31 bits per heavy atom. The molecule has 0 aromatic carbocycles. The molecule has 7 nitrogen and oxygen atoms in total. The van der Waals surface area contributed by atoms with E-state index < -0.39 is 0 Å². The largest absolute Gasteiger partial charge is 0.383 e. The van der Waals surface area contributed by atoms with E-state index in [2.05, 4.69) is 19.9 Å². The lowest BCUT2D eigenvalue weighted by Crippen LogP contribution is -2.39. The quantitative estimate of drug-likeness (QED) is 0.763. The highest BCUT2D eigenvalue weighted by molar-refractivity contribution is 7.09. The van der Waals surface area contributed by atoms with Crippen LogP contribution in [0.4, 0.5) is 5.82 Å². The van der Waals surface area contributed by atoms with E-state index in [4.69, 9.17) is 5.73 Å². The second-order valence-corrected chi connectivity index (χ2v) is 7.56. The van der Waals surface area contributed by atoms with E-state index in [0.29, 0.717) is 17.9 Å². The minimum absolute atomic E-state index is 0.0310. The number of anilines is 1. The first kappa shape index (κ1) is 16.8. The summed E-state index contributed by atoms with van der Waals surface area (Å²) in [5.41, 5.74) is 8.16. The molecule has 0 spiro atoms. The summed E-state index contributed by atoms with van der Waals surface area (Å²) in [6.45, 7) is 2.70. The van der Waals surface area contributed by atoms with Crippen molar-refractivity contribution in [3.05, 3.63) is 40.2 Å². The third kappa shape index (κ3) is 3.24. The van der Waals surface area contributed by atoms with Gasteiger partial charge in [-0.2, -0.15) is 0 Å². The number of carbonyl (C=O) groups excluding carboxylic acids is 1. The minimum atomic E-state index is -0.0310. The normalized spacial score (nSPS) is 17.6. The molecule has 1 aliphatic rings. The van der Waals surface area contributed by atoms with Crippen molar-refractivity contribution in [2.45, 2.75) is 38.6 Å². The van der Waals surface area contributed by atoms with Crippen LogP contribution >= 0.6 is 11.3 Å². The van der Waals surface area contributed by atoms with Crippen molar-refractivity contribution >= 4 is 34.1 Å². The Bertz CT molecular complexity index is 956. The zero-order chi connectivity index (χ0) is 18.1. The lowest BCUT2D eigenvalue weighted by atomic mass is 9.98. The molecule has 0 saturated carbocycles. The first-order valence-corrected chi connectivity index (χ1v) is 9.57. The molecule has 0 bridgehead atoms. The zero-order valence-electron chi connectivity index (χ0n) is 14.6. The summed E-state index contributed by atoms with van der Waals surface area (Å²) in [5.74, 6) is 0.522. The van der Waals surface area contributed by atoms with Gasteiger partial charge >= 0.3 is 0 Å². The first-order chi connectivity index (χ1) is 12.6. The van der Waals surface area contributed by atoms with Gasteiger partial charge < -0.3 is 10.6 Å². The number of fused-ring (bicyclic) bond motifs is 1. The predicted octanol–water partition coefficient (Wildman–Crippen LogP) is 2.67. The van der Waals surface area contributed by atoms with Gasteiger partial charge in [-0.3, -0.25) is 4.79 Å². The van der Waals surface area contributed by atoms with E-state index in [9.17, 15) is 4.79 Å². The predicted molar refractivity (Wildman–Crippen MR) is 101 cm³/mol. The van der Waals surface area contributed by atoms with Gasteiger partial charge in [0.15, 0.2) is 5.65 Å². The van der Waals surface area contributed by atoms with Gasteiger partial charge in [0.2, 0.25) is 5.91 Å². The Hall–Kier alpha value is -2.61. The molecule has 1 unspecified atom stereocenters. The number of nitrogens with zero attached hydrogens (tertiary/aromatic N) is 5. The van der Waals surface area contributed by atoms with Gasteiger partial charge in [-0.05, 0) is 38.3 Å². The van der Waals surface area contributed by atoms with Crippen LogP contribution in [0, 0.1) is 6.92 Å². The third-order valence-corrected chi connectivity index (χ3v) is 5.54. The van der Waals surface area contributed by atoms with E-state index in [0.717, 1.165) is 47.6 Å². The van der Waals surface area contributed by atoms with Crippen LogP contribution in [0.1, 0.15) is 41.7 Å². The number of rotatable bonds is 3. The van der Waals surface area contributed by atoms with Crippen LogP contribution in [0.3, 0.4) is 0 Å². The van der Waals surface area contributed by atoms with Crippen molar-refractivity contribution in [3.63, 3.8) is 0 Å². The number of aryl methyl sites for hydroxylation is 1. The Kier molecular flexibility index (Phi) is 4.50. The number of nitrogen functional groups attached to an aromatic ring is 1. The Balaban J connectivity index is 1.61. The first-order valence-electron chi connectivity index (χ1n) is 8.69. The lowest BCUT2D eigenvalue weighted by Gasteiger charge is -2.35. The number of carbonyl (C=O) groups is 1. The number of pyridine rings is 1. The lowest BCUT2D eigenvalue weighted by molar-refractivity contribution is -0.134. The van der Waals surface area contributed by atoms with Gasteiger partial charge in [-0.1, -0.05) is 0 Å². The molecule has 0 radical (unpaired) electrons. The molecule has 8 heteroatoms. The molecule has 1 amide bonds. The molecule has 1 atom stereocenters. The molecule has 134 valence electrons. The van der Waals surface area contributed by atoms with Gasteiger partial charge in [-0.15, -0.1) is 11.3 Å². The molecular weight excluding hydrogens is 348 g/mol. The van der Waals surface area contributed by atoms with E-state index in [1.54, 1.807) is 11.3 Å². The van der Waals surface area contributed by atoms with Crippen molar-refractivity contribution < 1.29 is 4.79 Å². The summed E-state index contributed by atoms with van der Waals surface area (Å²) in [4.78, 5) is 32.1. The fourth-order valence-electron chi connectivity index (χ4n) is 3.45.